The van der Waals surface area contributed by atoms with E-state index in [1.165, 1.54) is 57.8 Å². The Bertz CT molecular complexity index is 655. The molecule has 0 aromatic carbocycles. The molecular formula is C29H51NO. The fourth-order valence-electron chi connectivity index (χ4n) is 9.59. The van der Waals surface area contributed by atoms with Crippen LogP contribution in [0.2, 0.25) is 0 Å². The molecule has 31 heavy (non-hydrogen) atoms. The summed E-state index contributed by atoms with van der Waals surface area (Å²) in [7, 11) is 4.24. The molecule has 9 atom stereocenters. The van der Waals surface area contributed by atoms with Crippen LogP contribution in [0.25, 0.3) is 0 Å². The second-order valence-electron chi connectivity index (χ2n) is 13.5. The first-order valence-electron chi connectivity index (χ1n) is 13.8. The van der Waals surface area contributed by atoms with Gasteiger partial charge in [-0.2, -0.15) is 0 Å². The van der Waals surface area contributed by atoms with Gasteiger partial charge in [-0.15, -0.1) is 0 Å². The molecule has 4 fully saturated rings. The molecule has 0 amide bonds. The zero-order chi connectivity index (χ0) is 22.6. The van der Waals surface area contributed by atoms with Gasteiger partial charge in [0.2, 0.25) is 0 Å². The summed E-state index contributed by atoms with van der Waals surface area (Å²) < 4.78 is 0. The van der Waals surface area contributed by atoms with E-state index in [4.69, 9.17) is 0 Å². The molecule has 4 rings (SSSR count). The Morgan fingerprint density at radius 3 is 2.32 bits per heavy atom. The van der Waals surface area contributed by atoms with Crippen molar-refractivity contribution in [2.45, 2.75) is 111 Å². The standard InChI is InChI=1S/C29H51NO/c1-19(2)9-8-10-20(3)23-13-14-24-22-12-11-21-17-27(31)26(30(6)7)18-29(21,5)25(22)15-16-28(23,24)4/h19-26H,8-18H2,1-7H3. The highest BCUT2D eigenvalue weighted by Gasteiger charge is 2.61. The molecule has 4 aliphatic rings. The van der Waals surface area contributed by atoms with Crippen molar-refractivity contribution in [2.24, 2.45) is 52.3 Å². The second kappa shape index (κ2) is 8.77. The van der Waals surface area contributed by atoms with Crippen molar-refractivity contribution in [3.8, 4) is 0 Å². The van der Waals surface area contributed by atoms with Crippen molar-refractivity contribution < 1.29 is 4.79 Å². The van der Waals surface area contributed by atoms with Crippen molar-refractivity contribution >= 4 is 5.78 Å². The van der Waals surface area contributed by atoms with Crippen molar-refractivity contribution in [3.05, 3.63) is 0 Å². The van der Waals surface area contributed by atoms with Gasteiger partial charge in [-0.05, 0) is 111 Å². The summed E-state index contributed by atoms with van der Waals surface area (Å²) in [5, 5.41) is 0. The molecule has 9 unspecified atom stereocenters. The molecule has 0 radical (unpaired) electrons. The Balaban J connectivity index is 1.49. The molecule has 0 spiro atoms. The molecular weight excluding hydrogens is 378 g/mol. The van der Waals surface area contributed by atoms with Crippen LogP contribution in [0.4, 0.5) is 0 Å². The number of ketones is 1. The lowest BCUT2D eigenvalue weighted by molar-refractivity contribution is -0.149. The van der Waals surface area contributed by atoms with E-state index in [-0.39, 0.29) is 6.04 Å². The summed E-state index contributed by atoms with van der Waals surface area (Å²) in [5.41, 5.74) is 0.959. The van der Waals surface area contributed by atoms with Crippen molar-refractivity contribution in [2.75, 3.05) is 14.1 Å². The Labute approximate surface area is 193 Å². The van der Waals surface area contributed by atoms with Gasteiger partial charge in [0.1, 0.15) is 5.78 Å². The van der Waals surface area contributed by atoms with Gasteiger partial charge in [0, 0.05) is 6.42 Å². The molecule has 0 aliphatic heterocycles. The molecule has 0 aromatic heterocycles. The lowest BCUT2D eigenvalue weighted by Crippen LogP contribution is -2.57. The zero-order valence-electron chi connectivity index (χ0n) is 21.8. The fraction of sp³-hybridized carbons (Fsp3) is 0.966. The number of likely N-dealkylation sites (N-methyl/N-ethyl adjacent to an activating group) is 1. The van der Waals surface area contributed by atoms with Gasteiger partial charge in [-0.3, -0.25) is 9.69 Å². The maximum atomic E-state index is 12.8. The van der Waals surface area contributed by atoms with Gasteiger partial charge in [0.15, 0.2) is 0 Å². The van der Waals surface area contributed by atoms with E-state index >= 15 is 0 Å². The molecule has 4 saturated carbocycles. The van der Waals surface area contributed by atoms with Crippen LogP contribution >= 0.6 is 0 Å². The fourth-order valence-corrected chi connectivity index (χ4v) is 9.59. The van der Waals surface area contributed by atoms with E-state index in [2.05, 4.69) is 53.6 Å². The van der Waals surface area contributed by atoms with Gasteiger partial charge < -0.3 is 0 Å². The third-order valence-corrected chi connectivity index (χ3v) is 11.3. The normalized spacial score (nSPS) is 46.0. The zero-order valence-corrected chi connectivity index (χ0v) is 21.8. The number of hydrogen-bond donors (Lipinski definition) is 0. The monoisotopic (exact) mass is 429 g/mol. The number of carbonyl (C=O) groups excluding carboxylic acids is 1. The van der Waals surface area contributed by atoms with Crippen molar-refractivity contribution in [1.82, 2.24) is 4.90 Å². The first kappa shape index (κ1) is 23.8. The van der Waals surface area contributed by atoms with Crippen molar-refractivity contribution in [3.63, 3.8) is 0 Å². The minimum Gasteiger partial charge on any atom is -0.300 e. The van der Waals surface area contributed by atoms with E-state index in [1.807, 2.05) is 0 Å². The summed E-state index contributed by atoms with van der Waals surface area (Å²) in [5.74, 6) is 6.56. The van der Waals surface area contributed by atoms with Crippen LogP contribution in [0.5, 0.6) is 0 Å². The van der Waals surface area contributed by atoms with Crippen molar-refractivity contribution in [1.29, 1.82) is 0 Å². The van der Waals surface area contributed by atoms with E-state index in [9.17, 15) is 4.79 Å². The van der Waals surface area contributed by atoms with Crippen LogP contribution in [0.3, 0.4) is 0 Å². The molecule has 4 aliphatic carbocycles. The van der Waals surface area contributed by atoms with Crippen LogP contribution in [-0.4, -0.2) is 30.8 Å². The quantitative estimate of drug-likeness (QED) is 0.444. The number of hydrogen-bond acceptors (Lipinski definition) is 2. The molecule has 178 valence electrons. The van der Waals surface area contributed by atoms with Gasteiger partial charge in [-0.25, -0.2) is 0 Å². The third-order valence-electron chi connectivity index (χ3n) is 11.3. The molecule has 0 aromatic rings. The van der Waals surface area contributed by atoms with Crippen LogP contribution in [0.1, 0.15) is 105 Å². The summed E-state index contributed by atoms with van der Waals surface area (Å²) in [6, 6.07) is 0.158. The summed E-state index contributed by atoms with van der Waals surface area (Å²) in [4.78, 5) is 15.0. The summed E-state index contributed by atoms with van der Waals surface area (Å²) >= 11 is 0. The van der Waals surface area contributed by atoms with E-state index in [1.54, 1.807) is 0 Å². The summed E-state index contributed by atoms with van der Waals surface area (Å²) in [6.07, 6.45) is 14.8. The summed E-state index contributed by atoms with van der Waals surface area (Å²) in [6.45, 7) is 12.6. The maximum Gasteiger partial charge on any atom is 0.150 e. The third kappa shape index (κ3) is 4.06. The highest BCUT2D eigenvalue weighted by Crippen LogP contribution is 2.68. The lowest BCUT2D eigenvalue weighted by atomic mass is 9.44. The average molecular weight is 430 g/mol. The van der Waals surface area contributed by atoms with E-state index in [0.29, 0.717) is 22.5 Å². The first-order chi connectivity index (χ1) is 14.6. The molecule has 2 heteroatoms. The van der Waals surface area contributed by atoms with Crippen LogP contribution in [0.15, 0.2) is 0 Å². The van der Waals surface area contributed by atoms with E-state index < -0.39 is 0 Å². The Kier molecular flexibility index (Phi) is 6.73. The number of Topliss-reactive ketones (excluding diaryl/α,β-unsaturated/α-hetero) is 1. The number of carbonyl (C=O) groups is 1. The maximum absolute atomic E-state index is 12.8. The highest BCUT2D eigenvalue weighted by atomic mass is 16.1. The van der Waals surface area contributed by atoms with Crippen LogP contribution in [-0.2, 0) is 4.79 Å². The molecule has 0 bridgehead atoms. The Morgan fingerprint density at radius 2 is 1.65 bits per heavy atom. The topological polar surface area (TPSA) is 20.3 Å². The van der Waals surface area contributed by atoms with Crippen LogP contribution < -0.4 is 0 Å². The van der Waals surface area contributed by atoms with Gasteiger partial charge in [0.05, 0.1) is 6.04 Å². The predicted molar refractivity (Wildman–Crippen MR) is 131 cm³/mol. The number of nitrogens with zero attached hydrogens (tertiary/aromatic N) is 1. The Hall–Kier alpha value is -0.370. The van der Waals surface area contributed by atoms with Crippen LogP contribution in [0, 0.1) is 52.3 Å². The molecule has 0 heterocycles. The minimum atomic E-state index is 0.158. The first-order valence-corrected chi connectivity index (χ1v) is 13.8. The SMILES string of the molecule is CC(C)CCCC(C)C1CCC2C3CCC4CC(=O)C(N(C)C)CC4(C)C3CCC12C. The predicted octanol–water partition coefficient (Wildman–Crippen LogP) is 7.22. The molecule has 2 nitrogen and oxygen atoms in total. The Morgan fingerprint density at radius 1 is 0.935 bits per heavy atom. The highest BCUT2D eigenvalue weighted by molar-refractivity contribution is 5.85. The molecule has 0 N–H and O–H groups in total. The molecule has 0 saturated heterocycles. The van der Waals surface area contributed by atoms with E-state index in [0.717, 1.165) is 48.3 Å². The van der Waals surface area contributed by atoms with Gasteiger partial charge in [-0.1, -0.05) is 53.9 Å². The smallest absolute Gasteiger partial charge is 0.150 e. The minimum absolute atomic E-state index is 0.158. The average Bonchev–Trinajstić information content (AvgIpc) is 3.05. The van der Waals surface area contributed by atoms with Gasteiger partial charge >= 0.3 is 0 Å². The lowest BCUT2D eigenvalue weighted by Gasteiger charge is -2.61. The number of fused-ring (bicyclic) bond motifs is 5. The second-order valence-corrected chi connectivity index (χ2v) is 13.5. The largest absolute Gasteiger partial charge is 0.300 e. The number of rotatable bonds is 6. The van der Waals surface area contributed by atoms with Gasteiger partial charge in [0.25, 0.3) is 0 Å².